The molecule has 7 heteroatoms. The minimum Gasteiger partial charge on any atom is -0.359 e. The topological polar surface area (TPSA) is 83.8 Å². The van der Waals surface area contributed by atoms with Gasteiger partial charge in [-0.05, 0) is 13.8 Å². The van der Waals surface area contributed by atoms with E-state index in [1.165, 1.54) is 6.20 Å². The molecule has 0 atom stereocenters. The second kappa shape index (κ2) is 3.97. The first-order chi connectivity index (χ1) is 7.59. The molecule has 2 N–H and O–H groups in total. The molecule has 6 nitrogen and oxygen atoms in total. The molecule has 0 bridgehead atoms. The molecule has 0 aliphatic heterocycles. The summed E-state index contributed by atoms with van der Waals surface area (Å²) in [4.78, 5) is 11.8. The van der Waals surface area contributed by atoms with E-state index in [0.717, 1.165) is 0 Å². The number of halogens is 1. The SMILES string of the molecule is Cc1noc(C)c1NC(=O)c1[nH]ncc1Cl. The van der Waals surface area contributed by atoms with Crippen LogP contribution in [0.2, 0.25) is 5.02 Å². The van der Waals surface area contributed by atoms with Crippen molar-refractivity contribution in [1.82, 2.24) is 15.4 Å². The van der Waals surface area contributed by atoms with Crippen LogP contribution >= 0.6 is 11.6 Å². The minimum atomic E-state index is -0.378. The predicted octanol–water partition coefficient (Wildman–Crippen LogP) is 1.92. The Morgan fingerprint density at radius 1 is 1.56 bits per heavy atom. The summed E-state index contributed by atoms with van der Waals surface area (Å²) in [6.45, 7) is 3.45. The Balaban J connectivity index is 2.24. The maximum absolute atomic E-state index is 11.8. The van der Waals surface area contributed by atoms with Crippen molar-refractivity contribution in [3.8, 4) is 0 Å². The number of carbonyl (C=O) groups excluding carboxylic acids is 1. The minimum absolute atomic E-state index is 0.210. The number of carbonyl (C=O) groups is 1. The third kappa shape index (κ3) is 1.79. The van der Waals surface area contributed by atoms with Crippen molar-refractivity contribution in [3.05, 3.63) is 28.4 Å². The lowest BCUT2D eigenvalue weighted by Gasteiger charge is -2.02. The lowest BCUT2D eigenvalue weighted by atomic mass is 10.3. The number of rotatable bonds is 2. The fourth-order valence-corrected chi connectivity index (χ4v) is 1.45. The van der Waals surface area contributed by atoms with Crippen LogP contribution in [0.1, 0.15) is 21.9 Å². The Morgan fingerprint density at radius 2 is 2.31 bits per heavy atom. The van der Waals surface area contributed by atoms with Gasteiger partial charge in [0.1, 0.15) is 17.1 Å². The average molecular weight is 241 g/mol. The molecule has 2 aromatic rings. The smallest absolute Gasteiger partial charge is 0.275 e. The van der Waals surface area contributed by atoms with Crippen LogP contribution < -0.4 is 5.32 Å². The Kier molecular flexibility index (Phi) is 2.66. The van der Waals surface area contributed by atoms with Crippen LogP contribution in [0, 0.1) is 13.8 Å². The Morgan fingerprint density at radius 3 is 2.81 bits per heavy atom. The van der Waals surface area contributed by atoms with Gasteiger partial charge < -0.3 is 9.84 Å². The second-order valence-electron chi connectivity index (χ2n) is 3.25. The Bertz CT molecular complexity index is 512. The van der Waals surface area contributed by atoms with Crippen molar-refractivity contribution in [2.75, 3.05) is 5.32 Å². The summed E-state index contributed by atoms with van der Waals surface area (Å²) in [6, 6.07) is 0. The molecule has 0 saturated heterocycles. The van der Waals surface area contributed by atoms with E-state index in [1.54, 1.807) is 13.8 Å². The molecule has 1 amide bonds. The molecular formula is C9H9ClN4O2. The number of anilines is 1. The van der Waals surface area contributed by atoms with E-state index >= 15 is 0 Å². The molecule has 16 heavy (non-hydrogen) atoms. The van der Waals surface area contributed by atoms with E-state index in [2.05, 4.69) is 20.7 Å². The maximum atomic E-state index is 11.8. The number of hydrogen-bond donors (Lipinski definition) is 2. The van der Waals surface area contributed by atoms with Crippen molar-refractivity contribution in [1.29, 1.82) is 0 Å². The van der Waals surface area contributed by atoms with Crippen molar-refractivity contribution in [2.24, 2.45) is 0 Å². The summed E-state index contributed by atoms with van der Waals surface area (Å²) in [7, 11) is 0. The molecule has 0 aromatic carbocycles. The normalized spacial score (nSPS) is 10.4. The molecule has 2 rings (SSSR count). The summed E-state index contributed by atoms with van der Waals surface area (Å²) in [5.74, 6) is 0.165. The van der Waals surface area contributed by atoms with Crippen molar-refractivity contribution in [3.63, 3.8) is 0 Å². The number of H-pyrrole nitrogens is 1. The van der Waals surface area contributed by atoms with Crippen LogP contribution in [-0.2, 0) is 0 Å². The van der Waals surface area contributed by atoms with E-state index in [9.17, 15) is 4.79 Å². The monoisotopic (exact) mass is 240 g/mol. The molecule has 2 heterocycles. The van der Waals surface area contributed by atoms with E-state index in [0.29, 0.717) is 17.1 Å². The average Bonchev–Trinajstić information content (AvgIpc) is 2.79. The van der Waals surface area contributed by atoms with Gasteiger partial charge >= 0.3 is 0 Å². The van der Waals surface area contributed by atoms with E-state index in [-0.39, 0.29) is 16.6 Å². The summed E-state index contributed by atoms with van der Waals surface area (Å²) in [5, 5.41) is 12.8. The van der Waals surface area contributed by atoms with Crippen LogP contribution in [0.3, 0.4) is 0 Å². The van der Waals surface area contributed by atoms with Gasteiger partial charge in [-0.3, -0.25) is 9.89 Å². The maximum Gasteiger partial charge on any atom is 0.275 e. The summed E-state index contributed by atoms with van der Waals surface area (Å²) in [5.41, 5.74) is 1.37. The zero-order chi connectivity index (χ0) is 11.7. The summed E-state index contributed by atoms with van der Waals surface area (Å²) >= 11 is 5.76. The van der Waals surface area contributed by atoms with E-state index in [1.807, 2.05) is 0 Å². The van der Waals surface area contributed by atoms with Gasteiger partial charge in [-0.25, -0.2) is 0 Å². The van der Waals surface area contributed by atoms with Gasteiger partial charge in [0.05, 0.1) is 11.2 Å². The fraction of sp³-hybridized carbons (Fsp3) is 0.222. The van der Waals surface area contributed by atoms with Crippen LogP contribution in [0.15, 0.2) is 10.7 Å². The fourth-order valence-electron chi connectivity index (χ4n) is 1.27. The first-order valence-electron chi connectivity index (χ1n) is 4.52. The van der Waals surface area contributed by atoms with Crippen LogP contribution in [0.5, 0.6) is 0 Å². The van der Waals surface area contributed by atoms with Crippen molar-refractivity contribution >= 4 is 23.2 Å². The standard InChI is InChI=1S/C9H9ClN4O2/c1-4-7(5(2)16-14-4)12-9(15)8-6(10)3-11-13-8/h3H,1-2H3,(H,11,13)(H,12,15). The highest BCUT2D eigenvalue weighted by Crippen LogP contribution is 2.20. The summed E-state index contributed by atoms with van der Waals surface area (Å²) in [6.07, 6.45) is 1.36. The number of nitrogens with zero attached hydrogens (tertiary/aromatic N) is 2. The number of hydrogen-bond acceptors (Lipinski definition) is 4. The molecule has 0 spiro atoms. The van der Waals surface area contributed by atoms with Gasteiger partial charge in [0.2, 0.25) is 0 Å². The largest absolute Gasteiger partial charge is 0.359 e. The molecule has 0 unspecified atom stereocenters. The second-order valence-corrected chi connectivity index (χ2v) is 3.65. The predicted molar refractivity (Wildman–Crippen MR) is 57.5 cm³/mol. The van der Waals surface area contributed by atoms with Gasteiger partial charge in [-0.1, -0.05) is 16.8 Å². The highest BCUT2D eigenvalue weighted by Gasteiger charge is 2.16. The molecule has 0 saturated carbocycles. The molecule has 0 fully saturated rings. The number of aromatic nitrogens is 3. The number of aromatic amines is 1. The molecule has 0 aliphatic rings. The van der Waals surface area contributed by atoms with E-state index in [4.69, 9.17) is 16.1 Å². The van der Waals surface area contributed by atoms with Crippen molar-refractivity contribution < 1.29 is 9.32 Å². The third-order valence-corrected chi connectivity index (χ3v) is 2.38. The molecule has 84 valence electrons. The number of nitrogens with one attached hydrogen (secondary N) is 2. The van der Waals surface area contributed by atoms with Gasteiger partial charge in [-0.2, -0.15) is 5.10 Å². The number of amides is 1. The van der Waals surface area contributed by atoms with Crippen LogP contribution in [0.4, 0.5) is 5.69 Å². The van der Waals surface area contributed by atoms with Gasteiger partial charge in [0, 0.05) is 0 Å². The number of aryl methyl sites for hydroxylation is 2. The van der Waals surface area contributed by atoms with Gasteiger partial charge in [-0.15, -0.1) is 0 Å². The lowest BCUT2D eigenvalue weighted by Crippen LogP contribution is -2.13. The Labute approximate surface area is 96.0 Å². The van der Waals surface area contributed by atoms with Gasteiger partial charge in [0.25, 0.3) is 5.91 Å². The Hall–Kier alpha value is -1.82. The third-order valence-electron chi connectivity index (χ3n) is 2.09. The highest BCUT2D eigenvalue weighted by atomic mass is 35.5. The summed E-state index contributed by atoms with van der Waals surface area (Å²) < 4.78 is 4.92. The first-order valence-corrected chi connectivity index (χ1v) is 4.90. The zero-order valence-corrected chi connectivity index (χ0v) is 9.42. The zero-order valence-electron chi connectivity index (χ0n) is 8.67. The first kappa shape index (κ1) is 10.7. The molecule has 0 radical (unpaired) electrons. The quantitative estimate of drug-likeness (QED) is 0.840. The van der Waals surface area contributed by atoms with Crippen LogP contribution in [0.25, 0.3) is 0 Å². The molecular weight excluding hydrogens is 232 g/mol. The van der Waals surface area contributed by atoms with Crippen LogP contribution in [-0.4, -0.2) is 21.3 Å². The van der Waals surface area contributed by atoms with E-state index < -0.39 is 0 Å². The lowest BCUT2D eigenvalue weighted by molar-refractivity contribution is 0.102. The van der Waals surface area contributed by atoms with Crippen molar-refractivity contribution in [2.45, 2.75) is 13.8 Å². The highest BCUT2D eigenvalue weighted by molar-refractivity contribution is 6.34. The molecule has 0 aliphatic carbocycles. The van der Waals surface area contributed by atoms with Gasteiger partial charge in [0.15, 0.2) is 5.76 Å². The molecule has 2 aromatic heterocycles.